The largest absolute Gasteiger partial charge is 0.340 e. The molecule has 0 spiro atoms. The zero-order valence-corrected chi connectivity index (χ0v) is 10.5. The van der Waals surface area contributed by atoms with Gasteiger partial charge in [0.05, 0.1) is 6.07 Å². The third kappa shape index (κ3) is 2.07. The van der Waals surface area contributed by atoms with Crippen LogP contribution < -0.4 is 5.32 Å². The highest BCUT2D eigenvalue weighted by Crippen LogP contribution is 2.18. The molecule has 1 N–H and O–H groups in total. The van der Waals surface area contributed by atoms with Gasteiger partial charge in [-0.05, 0) is 18.6 Å². The Hall–Kier alpha value is -2.28. The maximum absolute atomic E-state index is 12.1. The van der Waals surface area contributed by atoms with Crippen LogP contribution in [0.15, 0.2) is 30.3 Å². The van der Waals surface area contributed by atoms with Crippen LogP contribution in [-0.2, 0) is 7.05 Å². The zero-order valence-electron chi connectivity index (χ0n) is 10.5. The van der Waals surface area contributed by atoms with Gasteiger partial charge in [0.25, 0.3) is 5.91 Å². The van der Waals surface area contributed by atoms with E-state index in [1.165, 1.54) is 0 Å². The number of nitrogens with zero attached hydrogens (tertiary/aromatic N) is 2. The first-order valence-electron chi connectivity index (χ1n) is 5.92. The quantitative estimate of drug-likeness (QED) is 0.895. The van der Waals surface area contributed by atoms with Gasteiger partial charge < -0.3 is 9.88 Å². The Balaban J connectivity index is 2.34. The van der Waals surface area contributed by atoms with Crippen LogP contribution in [0.1, 0.15) is 23.8 Å². The molecule has 1 atom stereocenters. The molecule has 0 fully saturated rings. The number of benzene rings is 1. The molecular weight excluding hydrogens is 226 g/mol. The molecule has 1 aromatic heterocycles. The Bertz CT molecular complexity index is 621. The van der Waals surface area contributed by atoms with E-state index in [1.807, 2.05) is 48.9 Å². The lowest BCUT2D eigenvalue weighted by atomic mass is 10.2. The molecule has 4 nitrogen and oxygen atoms in total. The first kappa shape index (κ1) is 12.2. The standard InChI is InChI=1S/C14H15N3O/c1-3-11(9-15)16-14(18)13-8-10-6-4-5-7-12(10)17(13)2/h4-8,11H,3H2,1-2H3,(H,16,18). The van der Waals surface area contributed by atoms with Crippen molar-refractivity contribution in [1.82, 2.24) is 9.88 Å². The Labute approximate surface area is 106 Å². The van der Waals surface area contributed by atoms with Crippen LogP contribution >= 0.6 is 0 Å². The van der Waals surface area contributed by atoms with Crippen LogP contribution in [0.5, 0.6) is 0 Å². The molecule has 1 aromatic carbocycles. The molecule has 0 aliphatic carbocycles. The van der Waals surface area contributed by atoms with Gasteiger partial charge in [0.2, 0.25) is 0 Å². The van der Waals surface area contributed by atoms with Crippen LogP contribution in [0.3, 0.4) is 0 Å². The third-order valence-corrected chi connectivity index (χ3v) is 3.05. The second kappa shape index (κ2) is 4.92. The van der Waals surface area contributed by atoms with Gasteiger partial charge in [-0.3, -0.25) is 4.79 Å². The molecule has 0 radical (unpaired) electrons. The minimum Gasteiger partial charge on any atom is -0.340 e. The number of aryl methyl sites for hydroxylation is 1. The molecule has 92 valence electrons. The molecule has 0 aliphatic heterocycles. The van der Waals surface area contributed by atoms with Crippen molar-refractivity contribution in [2.75, 3.05) is 0 Å². The van der Waals surface area contributed by atoms with E-state index in [9.17, 15) is 4.79 Å². The predicted molar refractivity (Wildman–Crippen MR) is 70.1 cm³/mol. The summed E-state index contributed by atoms with van der Waals surface area (Å²) in [5.41, 5.74) is 1.58. The van der Waals surface area contributed by atoms with Crippen molar-refractivity contribution in [3.05, 3.63) is 36.0 Å². The van der Waals surface area contributed by atoms with Gasteiger partial charge in [0.15, 0.2) is 0 Å². The molecule has 2 rings (SSSR count). The fourth-order valence-electron chi connectivity index (χ4n) is 1.96. The molecule has 18 heavy (non-hydrogen) atoms. The van der Waals surface area contributed by atoms with E-state index in [-0.39, 0.29) is 5.91 Å². The van der Waals surface area contributed by atoms with Crippen molar-refractivity contribution < 1.29 is 4.79 Å². The maximum Gasteiger partial charge on any atom is 0.268 e. The third-order valence-electron chi connectivity index (χ3n) is 3.05. The molecule has 0 saturated carbocycles. The summed E-state index contributed by atoms with van der Waals surface area (Å²) in [6, 6.07) is 11.3. The summed E-state index contributed by atoms with van der Waals surface area (Å²) in [5, 5.41) is 12.6. The Morgan fingerprint density at radius 2 is 2.22 bits per heavy atom. The van der Waals surface area contributed by atoms with Crippen LogP contribution in [0.4, 0.5) is 0 Å². The summed E-state index contributed by atoms with van der Waals surface area (Å²) in [5.74, 6) is -0.206. The minimum atomic E-state index is -0.435. The Morgan fingerprint density at radius 3 is 2.83 bits per heavy atom. The van der Waals surface area contributed by atoms with E-state index >= 15 is 0 Å². The van der Waals surface area contributed by atoms with Gasteiger partial charge in [-0.15, -0.1) is 0 Å². The summed E-state index contributed by atoms with van der Waals surface area (Å²) in [6.45, 7) is 1.87. The molecule has 2 aromatic rings. The van der Waals surface area contributed by atoms with Crippen LogP contribution in [0, 0.1) is 11.3 Å². The number of nitrogens with one attached hydrogen (secondary N) is 1. The number of nitriles is 1. The molecule has 1 unspecified atom stereocenters. The molecule has 1 amide bonds. The monoisotopic (exact) mass is 241 g/mol. The number of carbonyl (C=O) groups excluding carboxylic acids is 1. The number of rotatable bonds is 3. The number of carbonyl (C=O) groups is 1. The summed E-state index contributed by atoms with van der Waals surface area (Å²) >= 11 is 0. The average molecular weight is 241 g/mol. The average Bonchev–Trinajstić information content (AvgIpc) is 2.74. The van der Waals surface area contributed by atoms with Gasteiger partial charge in [-0.2, -0.15) is 5.26 Å². The molecule has 0 bridgehead atoms. The van der Waals surface area contributed by atoms with Gasteiger partial charge in [0, 0.05) is 18.0 Å². The van der Waals surface area contributed by atoms with Crippen molar-refractivity contribution in [3.8, 4) is 6.07 Å². The molecule has 4 heteroatoms. The number of aromatic nitrogens is 1. The highest BCUT2D eigenvalue weighted by molar-refractivity contribution is 5.98. The van der Waals surface area contributed by atoms with E-state index in [2.05, 4.69) is 11.4 Å². The van der Waals surface area contributed by atoms with Gasteiger partial charge in [-0.25, -0.2) is 0 Å². The van der Waals surface area contributed by atoms with Crippen molar-refractivity contribution in [2.24, 2.45) is 7.05 Å². The molecule has 0 aliphatic rings. The summed E-state index contributed by atoms with van der Waals surface area (Å²) in [7, 11) is 1.85. The van der Waals surface area contributed by atoms with Crippen molar-refractivity contribution in [1.29, 1.82) is 5.26 Å². The SMILES string of the molecule is CCC(C#N)NC(=O)c1cc2ccccc2n1C. The van der Waals surface area contributed by atoms with Crippen molar-refractivity contribution in [3.63, 3.8) is 0 Å². The Kier molecular flexibility index (Phi) is 3.33. The second-order valence-electron chi connectivity index (χ2n) is 4.21. The van der Waals surface area contributed by atoms with Crippen LogP contribution in [0.25, 0.3) is 10.9 Å². The molecule has 0 saturated heterocycles. The van der Waals surface area contributed by atoms with Gasteiger partial charge >= 0.3 is 0 Å². The molecular formula is C14H15N3O. The Morgan fingerprint density at radius 1 is 1.50 bits per heavy atom. The van der Waals surface area contributed by atoms with Gasteiger partial charge in [0.1, 0.15) is 11.7 Å². The van der Waals surface area contributed by atoms with E-state index in [1.54, 1.807) is 0 Å². The fraction of sp³-hybridized carbons (Fsp3) is 0.286. The van der Waals surface area contributed by atoms with E-state index in [0.717, 1.165) is 10.9 Å². The lowest BCUT2D eigenvalue weighted by Crippen LogP contribution is -2.34. The summed E-state index contributed by atoms with van der Waals surface area (Å²) in [6.07, 6.45) is 0.603. The topological polar surface area (TPSA) is 57.8 Å². The first-order chi connectivity index (χ1) is 8.67. The minimum absolute atomic E-state index is 0.206. The molecule has 1 heterocycles. The summed E-state index contributed by atoms with van der Waals surface area (Å²) < 4.78 is 1.84. The van der Waals surface area contributed by atoms with Crippen LogP contribution in [0.2, 0.25) is 0 Å². The van der Waals surface area contributed by atoms with E-state index in [0.29, 0.717) is 12.1 Å². The zero-order chi connectivity index (χ0) is 13.1. The lowest BCUT2D eigenvalue weighted by molar-refractivity contribution is 0.0937. The normalized spacial score (nSPS) is 12.1. The predicted octanol–water partition coefficient (Wildman–Crippen LogP) is 2.21. The lowest BCUT2D eigenvalue weighted by Gasteiger charge is -2.09. The number of hydrogen-bond donors (Lipinski definition) is 1. The summed E-state index contributed by atoms with van der Waals surface area (Å²) in [4.78, 5) is 12.1. The highest BCUT2D eigenvalue weighted by Gasteiger charge is 2.15. The van der Waals surface area contributed by atoms with E-state index in [4.69, 9.17) is 5.26 Å². The first-order valence-corrected chi connectivity index (χ1v) is 5.92. The fourth-order valence-corrected chi connectivity index (χ4v) is 1.96. The van der Waals surface area contributed by atoms with Crippen molar-refractivity contribution in [2.45, 2.75) is 19.4 Å². The number of amides is 1. The second-order valence-corrected chi connectivity index (χ2v) is 4.21. The smallest absolute Gasteiger partial charge is 0.268 e. The number of hydrogen-bond acceptors (Lipinski definition) is 2. The van der Waals surface area contributed by atoms with Crippen molar-refractivity contribution >= 4 is 16.8 Å². The number of fused-ring (bicyclic) bond motifs is 1. The van der Waals surface area contributed by atoms with E-state index < -0.39 is 6.04 Å². The highest BCUT2D eigenvalue weighted by atomic mass is 16.2. The van der Waals surface area contributed by atoms with Crippen LogP contribution in [-0.4, -0.2) is 16.5 Å². The maximum atomic E-state index is 12.1. The number of para-hydroxylation sites is 1. The van der Waals surface area contributed by atoms with Gasteiger partial charge in [-0.1, -0.05) is 25.1 Å².